The molecule has 23 heavy (non-hydrogen) atoms. The molecule has 0 radical (unpaired) electrons. The third-order valence-corrected chi connectivity index (χ3v) is 4.57. The van der Waals surface area contributed by atoms with Gasteiger partial charge in [-0.1, -0.05) is 66.7 Å². The Labute approximate surface area is 136 Å². The second kappa shape index (κ2) is 6.39. The van der Waals surface area contributed by atoms with E-state index in [0.717, 1.165) is 5.56 Å². The number of esters is 1. The van der Waals surface area contributed by atoms with Crippen molar-refractivity contribution >= 4 is 5.97 Å². The maximum atomic E-state index is 11.5. The van der Waals surface area contributed by atoms with Crippen molar-refractivity contribution in [1.82, 2.24) is 0 Å². The summed E-state index contributed by atoms with van der Waals surface area (Å²) in [6.45, 7) is 0. The molecule has 1 aliphatic carbocycles. The van der Waals surface area contributed by atoms with Gasteiger partial charge in [0.05, 0.1) is 7.11 Å². The van der Waals surface area contributed by atoms with Gasteiger partial charge in [-0.2, -0.15) is 0 Å². The third kappa shape index (κ3) is 2.68. The summed E-state index contributed by atoms with van der Waals surface area (Å²) in [5.74, 6) is -0.0739. The van der Waals surface area contributed by atoms with Crippen LogP contribution in [0.15, 0.2) is 72.8 Å². The number of rotatable bonds is 5. The molecule has 0 unspecified atom stereocenters. The summed E-state index contributed by atoms with van der Waals surface area (Å²) < 4.78 is 10.7. The number of ether oxygens (including phenoxy) is 2. The summed E-state index contributed by atoms with van der Waals surface area (Å²) in [6.07, 6.45) is 3.39. The van der Waals surface area contributed by atoms with Crippen LogP contribution in [0.2, 0.25) is 0 Å². The molecule has 118 valence electrons. The fraction of sp³-hybridized carbons (Fsp3) is 0.250. The molecular weight excluding hydrogens is 288 g/mol. The summed E-state index contributed by atoms with van der Waals surface area (Å²) in [6, 6.07) is 20.4. The highest BCUT2D eigenvalue weighted by molar-refractivity contribution is 5.82. The molecule has 1 aliphatic rings. The van der Waals surface area contributed by atoms with Crippen molar-refractivity contribution in [2.75, 3.05) is 14.2 Å². The second-order valence-corrected chi connectivity index (χ2v) is 5.66. The Morgan fingerprint density at radius 3 is 2.17 bits per heavy atom. The summed E-state index contributed by atoms with van der Waals surface area (Å²) >= 11 is 0. The Morgan fingerprint density at radius 2 is 1.61 bits per heavy atom. The zero-order valence-corrected chi connectivity index (χ0v) is 13.3. The van der Waals surface area contributed by atoms with E-state index in [4.69, 9.17) is 9.47 Å². The average molecular weight is 308 g/mol. The van der Waals surface area contributed by atoms with Crippen LogP contribution in [0.5, 0.6) is 0 Å². The van der Waals surface area contributed by atoms with E-state index in [1.165, 1.54) is 18.7 Å². The molecule has 1 fully saturated rings. The maximum Gasteiger partial charge on any atom is 0.330 e. The molecular formula is C20H20O3. The lowest BCUT2D eigenvalue weighted by atomic mass is 10.0. The largest absolute Gasteiger partial charge is 0.466 e. The molecule has 0 saturated heterocycles. The lowest BCUT2D eigenvalue weighted by Crippen LogP contribution is -2.14. The van der Waals surface area contributed by atoms with Crippen LogP contribution < -0.4 is 0 Å². The van der Waals surface area contributed by atoms with Crippen LogP contribution in [0.3, 0.4) is 0 Å². The molecule has 0 spiro atoms. The molecule has 3 rings (SSSR count). The molecule has 0 aliphatic heterocycles. The molecule has 0 aromatic heterocycles. The van der Waals surface area contributed by atoms with E-state index in [1.807, 2.05) is 42.5 Å². The predicted octanol–water partition coefficient (Wildman–Crippen LogP) is 3.67. The maximum absolute atomic E-state index is 11.5. The topological polar surface area (TPSA) is 35.5 Å². The normalized spacial score (nSPS) is 26.2. The highest BCUT2D eigenvalue weighted by Gasteiger charge is 2.65. The quantitative estimate of drug-likeness (QED) is 0.624. The van der Waals surface area contributed by atoms with Crippen LogP contribution in [0.4, 0.5) is 0 Å². The van der Waals surface area contributed by atoms with Crippen molar-refractivity contribution < 1.29 is 14.3 Å². The van der Waals surface area contributed by atoms with Crippen molar-refractivity contribution in [2.24, 2.45) is 5.92 Å². The second-order valence-electron chi connectivity index (χ2n) is 5.66. The standard InChI is InChI=1S/C20H20O3/c1-22-18(21)14-13-17-19(15-9-5-3-6-10-15)20(17,23-2)16-11-7-4-8-12-16/h3-14,17,19H,1-2H3/b14-13+/t17-,19-,20-/m0/s1. The first-order chi connectivity index (χ1) is 11.2. The first-order valence-corrected chi connectivity index (χ1v) is 7.65. The van der Waals surface area contributed by atoms with Crippen LogP contribution in [0.1, 0.15) is 17.0 Å². The molecule has 3 nitrogen and oxygen atoms in total. The summed E-state index contributed by atoms with van der Waals surface area (Å²) in [7, 11) is 3.12. The lowest BCUT2D eigenvalue weighted by Gasteiger charge is -2.17. The number of carbonyl (C=O) groups excluding carboxylic acids is 1. The Bertz CT molecular complexity index is 693. The van der Waals surface area contributed by atoms with Crippen LogP contribution >= 0.6 is 0 Å². The fourth-order valence-corrected chi connectivity index (χ4v) is 3.46. The van der Waals surface area contributed by atoms with Crippen molar-refractivity contribution in [1.29, 1.82) is 0 Å². The molecule has 0 N–H and O–H groups in total. The van der Waals surface area contributed by atoms with E-state index < -0.39 is 5.60 Å². The van der Waals surface area contributed by atoms with Gasteiger partial charge in [-0.05, 0) is 11.1 Å². The minimum Gasteiger partial charge on any atom is -0.466 e. The Morgan fingerprint density at radius 1 is 1.00 bits per heavy atom. The number of methoxy groups -OCH3 is 2. The Hall–Kier alpha value is -2.39. The van der Waals surface area contributed by atoms with E-state index in [2.05, 4.69) is 24.3 Å². The van der Waals surface area contributed by atoms with Gasteiger partial charge in [0.25, 0.3) is 0 Å². The predicted molar refractivity (Wildman–Crippen MR) is 89.0 cm³/mol. The fourth-order valence-electron chi connectivity index (χ4n) is 3.46. The van der Waals surface area contributed by atoms with Crippen molar-refractivity contribution in [3.63, 3.8) is 0 Å². The number of hydrogen-bond acceptors (Lipinski definition) is 3. The molecule has 2 aromatic carbocycles. The van der Waals surface area contributed by atoms with Gasteiger partial charge in [-0.25, -0.2) is 4.79 Å². The smallest absolute Gasteiger partial charge is 0.330 e. The monoisotopic (exact) mass is 308 g/mol. The highest BCUT2D eigenvalue weighted by Crippen LogP contribution is 2.66. The van der Waals surface area contributed by atoms with Gasteiger partial charge >= 0.3 is 5.97 Å². The van der Waals surface area contributed by atoms with Gasteiger partial charge in [0, 0.05) is 25.0 Å². The molecule has 1 saturated carbocycles. The Kier molecular flexibility index (Phi) is 4.30. The molecule has 0 amide bonds. The summed E-state index contributed by atoms with van der Waals surface area (Å²) in [4.78, 5) is 11.5. The lowest BCUT2D eigenvalue weighted by molar-refractivity contribution is -0.134. The van der Waals surface area contributed by atoms with Gasteiger partial charge in [0.1, 0.15) is 5.60 Å². The van der Waals surface area contributed by atoms with Crippen molar-refractivity contribution in [3.8, 4) is 0 Å². The zero-order valence-electron chi connectivity index (χ0n) is 13.3. The SMILES string of the molecule is COC(=O)/C=C/[C@H]1[C@H](c2ccccc2)[C@]1(OC)c1ccccc1. The first-order valence-electron chi connectivity index (χ1n) is 7.65. The number of carbonyl (C=O) groups is 1. The molecule has 2 aromatic rings. The van der Waals surface area contributed by atoms with E-state index in [-0.39, 0.29) is 17.8 Å². The van der Waals surface area contributed by atoms with E-state index in [1.54, 1.807) is 7.11 Å². The van der Waals surface area contributed by atoms with Gasteiger partial charge in [-0.3, -0.25) is 0 Å². The van der Waals surface area contributed by atoms with E-state index >= 15 is 0 Å². The highest BCUT2D eigenvalue weighted by atomic mass is 16.5. The van der Waals surface area contributed by atoms with Crippen LogP contribution in [-0.4, -0.2) is 20.2 Å². The van der Waals surface area contributed by atoms with Gasteiger partial charge < -0.3 is 9.47 Å². The zero-order chi connectivity index (χ0) is 16.3. The van der Waals surface area contributed by atoms with Gasteiger partial charge in [0.15, 0.2) is 0 Å². The van der Waals surface area contributed by atoms with Gasteiger partial charge in [-0.15, -0.1) is 0 Å². The Balaban J connectivity index is 2.01. The summed E-state index contributed by atoms with van der Waals surface area (Å²) in [5, 5.41) is 0. The minimum atomic E-state index is -0.437. The van der Waals surface area contributed by atoms with Crippen molar-refractivity contribution in [3.05, 3.63) is 83.9 Å². The number of benzene rings is 2. The van der Waals surface area contributed by atoms with Crippen LogP contribution in [-0.2, 0) is 19.9 Å². The first kappa shape index (κ1) is 15.5. The van der Waals surface area contributed by atoms with E-state index in [0.29, 0.717) is 0 Å². The van der Waals surface area contributed by atoms with Gasteiger partial charge in [0.2, 0.25) is 0 Å². The third-order valence-electron chi connectivity index (χ3n) is 4.57. The number of hydrogen-bond donors (Lipinski definition) is 0. The summed E-state index contributed by atoms with van der Waals surface area (Å²) in [5.41, 5.74) is 1.89. The van der Waals surface area contributed by atoms with Crippen LogP contribution in [0, 0.1) is 5.92 Å². The molecule has 0 heterocycles. The van der Waals surface area contributed by atoms with Crippen LogP contribution in [0.25, 0.3) is 0 Å². The molecule has 3 atom stereocenters. The molecule has 0 bridgehead atoms. The average Bonchev–Trinajstić information content (AvgIpc) is 3.30. The minimum absolute atomic E-state index is 0.0939. The molecule has 3 heteroatoms. The van der Waals surface area contributed by atoms with Crippen molar-refractivity contribution in [2.45, 2.75) is 11.5 Å². The van der Waals surface area contributed by atoms with E-state index in [9.17, 15) is 4.79 Å².